The second-order valence-corrected chi connectivity index (χ2v) is 8.67. The first-order valence-electron chi connectivity index (χ1n) is 11.8. The van der Waals surface area contributed by atoms with Gasteiger partial charge in [-0.15, -0.1) is 0 Å². The monoisotopic (exact) mass is 483 g/mol. The third kappa shape index (κ3) is 3.84. The molecule has 0 radical (unpaired) electrons. The lowest BCUT2D eigenvalue weighted by atomic mass is 10.2. The van der Waals surface area contributed by atoms with Crippen LogP contribution in [0.4, 0.5) is 11.6 Å². The van der Waals surface area contributed by atoms with Crippen molar-refractivity contribution in [2.75, 3.05) is 43.0 Å². The van der Waals surface area contributed by atoms with Gasteiger partial charge in [-0.25, -0.2) is 9.67 Å². The molecule has 0 bridgehead atoms. The summed E-state index contributed by atoms with van der Waals surface area (Å²) in [5, 5.41) is 17.8. The maximum atomic E-state index is 12.1. The molecule has 0 atom stereocenters. The molecule has 36 heavy (non-hydrogen) atoms. The maximum Gasteiger partial charge on any atom is 0.239 e. The third-order valence-electron chi connectivity index (χ3n) is 6.48. The van der Waals surface area contributed by atoms with Gasteiger partial charge in [-0.1, -0.05) is 18.2 Å². The minimum absolute atomic E-state index is 0.109. The largest absolute Gasteiger partial charge is 0.508 e. The number of benzene rings is 2. The number of rotatable bonds is 5. The highest BCUT2D eigenvalue weighted by molar-refractivity contribution is 5.86. The molecule has 6 rings (SSSR count). The molecule has 2 N–H and O–H groups in total. The molecule has 3 aromatic heterocycles. The molecule has 1 aliphatic heterocycles. The number of phenols is 1. The van der Waals surface area contributed by atoms with E-state index in [0.717, 1.165) is 42.8 Å². The number of anilines is 2. The number of aromatic nitrogens is 6. The molecule has 1 saturated heterocycles. The number of phenolic OH excluding ortho intramolecular Hbond substituents is 1. The zero-order chi connectivity index (χ0) is 24.6. The van der Waals surface area contributed by atoms with E-state index in [-0.39, 0.29) is 18.2 Å². The summed E-state index contributed by atoms with van der Waals surface area (Å²) in [5.74, 6) is 1.27. The lowest BCUT2D eigenvalue weighted by Crippen LogP contribution is -2.47. The Morgan fingerprint density at radius 2 is 1.75 bits per heavy atom. The molecule has 0 spiro atoms. The minimum Gasteiger partial charge on any atom is -0.508 e. The molecular weight excluding hydrogens is 458 g/mol. The fourth-order valence-corrected chi connectivity index (χ4v) is 4.53. The van der Waals surface area contributed by atoms with Crippen LogP contribution in [-0.2, 0) is 11.3 Å². The van der Waals surface area contributed by atoms with Crippen molar-refractivity contribution in [3.05, 3.63) is 61.1 Å². The van der Waals surface area contributed by atoms with Crippen molar-refractivity contribution >= 4 is 39.6 Å². The van der Waals surface area contributed by atoms with E-state index in [9.17, 15) is 9.90 Å². The van der Waals surface area contributed by atoms with E-state index in [4.69, 9.17) is 9.97 Å². The number of nitrogens with zero attached hydrogens (tertiary/aromatic N) is 8. The number of fused-ring (bicyclic) bond motifs is 2. The number of piperazine rings is 1. The Bertz CT molecular complexity index is 1550. The third-order valence-corrected chi connectivity index (χ3v) is 6.48. The van der Waals surface area contributed by atoms with Gasteiger partial charge >= 0.3 is 0 Å². The number of likely N-dealkylation sites (N-methyl/N-ethyl adjacent to an activating group) is 1. The normalized spacial score (nSPS) is 14.0. The number of imidazole rings is 1. The fraction of sp³-hybridized carbons (Fsp3) is 0.240. The Morgan fingerprint density at radius 1 is 1.00 bits per heavy atom. The molecule has 182 valence electrons. The van der Waals surface area contributed by atoms with Crippen molar-refractivity contribution in [1.82, 2.24) is 34.6 Å². The van der Waals surface area contributed by atoms with Crippen LogP contribution in [0.15, 0.2) is 61.1 Å². The van der Waals surface area contributed by atoms with Gasteiger partial charge in [0, 0.05) is 44.3 Å². The Hall–Kier alpha value is -4.67. The van der Waals surface area contributed by atoms with Gasteiger partial charge < -0.3 is 24.8 Å². The van der Waals surface area contributed by atoms with Gasteiger partial charge in [0.15, 0.2) is 17.0 Å². The van der Waals surface area contributed by atoms with Crippen LogP contribution in [0.5, 0.6) is 5.75 Å². The van der Waals surface area contributed by atoms with Crippen LogP contribution >= 0.6 is 0 Å². The van der Waals surface area contributed by atoms with Crippen molar-refractivity contribution in [2.24, 2.45) is 0 Å². The Morgan fingerprint density at radius 3 is 2.53 bits per heavy atom. The number of carbonyl (C=O) groups excluding carboxylic acids is 1. The highest BCUT2D eigenvalue weighted by Crippen LogP contribution is 2.26. The van der Waals surface area contributed by atoms with E-state index in [2.05, 4.69) is 25.2 Å². The van der Waals surface area contributed by atoms with Crippen LogP contribution in [0, 0.1) is 0 Å². The second-order valence-electron chi connectivity index (χ2n) is 8.67. The number of aromatic hydroxyl groups is 1. The van der Waals surface area contributed by atoms with Gasteiger partial charge in [0.25, 0.3) is 0 Å². The van der Waals surface area contributed by atoms with E-state index < -0.39 is 0 Å². The maximum absolute atomic E-state index is 12.1. The molecule has 1 fully saturated rings. The average Bonchev–Trinajstić information content (AvgIpc) is 3.53. The zero-order valence-electron chi connectivity index (χ0n) is 19.7. The minimum atomic E-state index is -0.136. The lowest BCUT2D eigenvalue weighted by Gasteiger charge is -2.36. The summed E-state index contributed by atoms with van der Waals surface area (Å²) in [6.07, 6.45) is 3.43. The van der Waals surface area contributed by atoms with Crippen LogP contribution < -0.4 is 15.1 Å². The molecule has 0 aliphatic carbocycles. The molecule has 11 nitrogen and oxygen atoms in total. The number of hydrogen-bond donors (Lipinski definition) is 2. The number of amides is 1. The first kappa shape index (κ1) is 21.8. The molecule has 5 aromatic rings. The molecule has 2 aromatic carbocycles. The summed E-state index contributed by atoms with van der Waals surface area (Å²) in [6.45, 7) is 3.11. The van der Waals surface area contributed by atoms with E-state index in [0.29, 0.717) is 22.9 Å². The van der Waals surface area contributed by atoms with Gasteiger partial charge in [-0.3, -0.25) is 4.79 Å². The summed E-state index contributed by atoms with van der Waals surface area (Å²) < 4.78 is 3.52. The molecule has 11 heteroatoms. The van der Waals surface area contributed by atoms with Crippen LogP contribution in [-0.4, -0.2) is 73.5 Å². The summed E-state index contributed by atoms with van der Waals surface area (Å²) in [4.78, 5) is 30.9. The predicted octanol–water partition coefficient (Wildman–Crippen LogP) is 1.94. The Kier molecular flexibility index (Phi) is 5.36. The zero-order valence-corrected chi connectivity index (χ0v) is 19.7. The molecular formula is C25H25N9O2. The lowest BCUT2D eigenvalue weighted by molar-refractivity contribution is -0.121. The van der Waals surface area contributed by atoms with Gasteiger partial charge in [-0.2, -0.15) is 15.1 Å². The van der Waals surface area contributed by atoms with Crippen molar-refractivity contribution < 1.29 is 9.90 Å². The van der Waals surface area contributed by atoms with E-state index >= 15 is 0 Å². The molecule has 1 amide bonds. The standard InChI is InChI=1S/C25H25N9O2/c1-26-21(36)15-33-16-27-22-23(33)29-25(30-24(22)34-20-5-3-2-4-17(20)14-28-34)32-12-10-31(11-13-32)18-6-8-19(35)9-7-18/h2-9,14,16,35H,10-13,15H2,1H3,(H,26,36). The van der Waals surface area contributed by atoms with Crippen LogP contribution in [0.3, 0.4) is 0 Å². The summed E-state index contributed by atoms with van der Waals surface area (Å²) >= 11 is 0. The van der Waals surface area contributed by atoms with Gasteiger partial charge in [-0.05, 0) is 30.3 Å². The molecule has 0 saturated carbocycles. The highest BCUT2D eigenvalue weighted by Gasteiger charge is 2.24. The van der Waals surface area contributed by atoms with Crippen molar-refractivity contribution in [3.8, 4) is 11.6 Å². The van der Waals surface area contributed by atoms with Crippen molar-refractivity contribution in [2.45, 2.75) is 6.54 Å². The summed E-state index contributed by atoms with van der Waals surface area (Å²) in [7, 11) is 1.61. The average molecular weight is 484 g/mol. The first-order chi connectivity index (χ1) is 17.6. The molecule has 1 aliphatic rings. The number of nitrogens with one attached hydrogen (secondary N) is 1. The number of hydrogen-bond acceptors (Lipinski definition) is 8. The Balaban J connectivity index is 1.39. The Labute approximate surface area is 206 Å². The van der Waals surface area contributed by atoms with Crippen LogP contribution in [0.25, 0.3) is 27.9 Å². The molecule has 0 unspecified atom stereocenters. The van der Waals surface area contributed by atoms with Crippen LogP contribution in [0.1, 0.15) is 0 Å². The SMILES string of the molecule is CNC(=O)Cn1cnc2c(-n3ncc4ccccc43)nc(N3CCN(c4ccc(O)cc4)CC3)nc21. The highest BCUT2D eigenvalue weighted by atomic mass is 16.3. The molecule has 4 heterocycles. The summed E-state index contributed by atoms with van der Waals surface area (Å²) in [6, 6.07) is 15.2. The van der Waals surface area contributed by atoms with E-state index in [1.165, 1.54) is 0 Å². The first-order valence-corrected chi connectivity index (χ1v) is 11.8. The van der Waals surface area contributed by atoms with Gasteiger partial charge in [0.2, 0.25) is 11.9 Å². The second kappa shape index (κ2) is 8.84. The number of para-hydroxylation sites is 1. The van der Waals surface area contributed by atoms with E-state index in [1.54, 1.807) is 41.0 Å². The predicted molar refractivity (Wildman–Crippen MR) is 137 cm³/mol. The van der Waals surface area contributed by atoms with Crippen LogP contribution in [0.2, 0.25) is 0 Å². The van der Waals surface area contributed by atoms with Gasteiger partial charge in [0.05, 0.1) is 18.0 Å². The summed E-state index contributed by atoms with van der Waals surface area (Å²) in [5.41, 5.74) is 3.15. The van der Waals surface area contributed by atoms with Crippen molar-refractivity contribution in [1.29, 1.82) is 0 Å². The fourth-order valence-electron chi connectivity index (χ4n) is 4.53. The smallest absolute Gasteiger partial charge is 0.239 e. The van der Waals surface area contributed by atoms with E-state index in [1.807, 2.05) is 36.4 Å². The number of carbonyl (C=O) groups is 1. The topological polar surface area (TPSA) is 117 Å². The van der Waals surface area contributed by atoms with Gasteiger partial charge in [0.1, 0.15) is 12.3 Å². The van der Waals surface area contributed by atoms with Crippen molar-refractivity contribution in [3.63, 3.8) is 0 Å². The quantitative estimate of drug-likeness (QED) is 0.390.